The van der Waals surface area contributed by atoms with Gasteiger partial charge in [0.2, 0.25) is 0 Å². The lowest BCUT2D eigenvalue weighted by molar-refractivity contribution is 0.962. The first-order valence-corrected chi connectivity index (χ1v) is 5.47. The third kappa shape index (κ3) is 1.79. The standard InChI is InChI=1S/C11H6BrN5/c1-7-2-3-15-11(10(7)12)17-6-16-8(4-13)9(17)5-14/h2-3,6H,1H3. The maximum atomic E-state index is 9.04. The van der Waals surface area contributed by atoms with E-state index in [1.54, 1.807) is 6.20 Å². The number of aromatic nitrogens is 3. The number of pyridine rings is 1. The largest absolute Gasteiger partial charge is 0.272 e. The minimum atomic E-state index is 0.0997. The summed E-state index contributed by atoms with van der Waals surface area (Å²) in [4.78, 5) is 8.05. The average Bonchev–Trinajstić information content (AvgIpc) is 2.75. The number of nitrogens with zero attached hydrogens (tertiary/aromatic N) is 5. The van der Waals surface area contributed by atoms with E-state index in [1.807, 2.05) is 25.1 Å². The van der Waals surface area contributed by atoms with Crippen LogP contribution in [-0.4, -0.2) is 14.5 Å². The molecule has 2 aromatic heterocycles. The van der Waals surface area contributed by atoms with E-state index in [0.29, 0.717) is 5.82 Å². The normalized spacial score (nSPS) is 9.65. The zero-order valence-corrected chi connectivity index (χ0v) is 10.4. The topological polar surface area (TPSA) is 78.3 Å². The van der Waals surface area contributed by atoms with E-state index in [0.717, 1.165) is 10.0 Å². The fourth-order valence-corrected chi connectivity index (χ4v) is 1.82. The number of halogens is 1. The number of hydrogen-bond acceptors (Lipinski definition) is 4. The highest BCUT2D eigenvalue weighted by Gasteiger charge is 2.15. The molecule has 2 aromatic rings. The second-order valence-corrected chi connectivity index (χ2v) is 4.09. The molecule has 6 heteroatoms. The highest BCUT2D eigenvalue weighted by molar-refractivity contribution is 9.10. The summed E-state index contributed by atoms with van der Waals surface area (Å²) in [6, 6.07) is 5.68. The van der Waals surface area contributed by atoms with Crippen molar-refractivity contribution in [2.24, 2.45) is 0 Å². The van der Waals surface area contributed by atoms with Crippen molar-refractivity contribution in [3.8, 4) is 18.0 Å². The predicted molar refractivity (Wildman–Crippen MR) is 63.2 cm³/mol. The van der Waals surface area contributed by atoms with Gasteiger partial charge in [0.1, 0.15) is 18.5 Å². The average molecular weight is 288 g/mol. The van der Waals surface area contributed by atoms with Crippen LogP contribution in [0.2, 0.25) is 0 Å². The van der Waals surface area contributed by atoms with E-state index in [1.165, 1.54) is 10.9 Å². The SMILES string of the molecule is Cc1ccnc(-n2cnc(C#N)c2C#N)c1Br. The number of imidazole rings is 1. The van der Waals surface area contributed by atoms with Crippen LogP contribution in [0.3, 0.4) is 0 Å². The molecule has 0 aliphatic carbocycles. The Morgan fingerprint density at radius 2 is 2.06 bits per heavy atom. The van der Waals surface area contributed by atoms with Gasteiger partial charge in [-0.3, -0.25) is 4.57 Å². The van der Waals surface area contributed by atoms with Gasteiger partial charge in [0.25, 0.3) is 0 Å². The molecule has 0 aliphatic heterocycles. The molecule has 0 fully saturated rings. The molecule has 0 unspecified atom stereocenters. The van der Waals surface area contributed by atoms with Crippen molar-refractivity contribution in [1.29, 1.82) is 10.5 Å². The Morgan fingerprint density at radius 3 is 2.71 bits per heavy atom. The second-order valence-electron chi connectivity index (χ2n) is 3.30. The summed E-state index contributed by atoms with van der Waals surface area (Å²) < 4.78 is 2.27. The van der Waals surface area contributed by atoms with Crippen LogP contribution < -0.4 is 0 Å². The van der Waals surface area contributed by atoms with Crippen LogP contribution in [0, 0.1) is 29.6 Å². The zero-order valence-electron chi connectivity index (χ0n) is 8.85. The molecule has 0 atom stereocenters. The van der Waals surface area contributed by atoms with E-state index < -0.39 is 0 Å². The Morgan fingerprint density at radius 1 is 1.29 bits per heavy atom. The Balaban J connectivity index is 2.71. The quantitative estimate of drug-likeness (QED) is 0.804. The summed E-state index contributed by atoms with van der Waals surface area (Å²) in [7, 11) is 0. The molecule has 0 spiro atoms. The van der Waals surface area contributed by atoms with Crippen LogP contribution in [-0.2, 0) is 0 Å². The van der Waals surface area contributed by atoms with Crippen molar-refractivity contribution in [2.45, 2.75) is 6.92 Å². The van der Waals surface area contributed by atoms with Gasteiger partial charge >= 0.3 is 0 Å². The highest BCUT2D eigenvalue weighted by atomic mass is 79.9. The summed E-state index contributed by atoms with van der Waals surface area (Å²) in [6.45, 7) is 1.92. The van der Waals surface area contributed by atoms with Crippen molar-refractivity contribution in [2.75, 3.05) is 0 Å². The summed E-state index contributed by atoms with van der Waals surface area (Å²) in [5.41, 5.74) is 1.28. The first kappa shape index (κ1) is 11.3. The van der Waals surface area contributed by atoms with Gasteiger partial charge in [-0.1, -0.05) is 0 Å². The molecule has 0 N–H and O–H groups in total. The summed E-state index contributed by atoms with van der Waals surface area (Å²) in [6.07, 6.45) is 3.06. The first-order chi connectivity index (χ1) is 8.19. The molecular formula is C11H6BrN5. The fraction of sp³-hybridized carbons (Fsp3) is 0.0909. The summed E-state index contributed by atoms with van der Waals surface area (Å²) in [5.74, 6) is 0.551. The third-order valence-corrected chi connectivity index (χ3v) is 3.25. The minimum Gasteiger partial charge on any atom is -0.272 e. The first-order valence-electron chi connectivity index (χ1n) is 4.68. The van der Waals surface area contributed by atoms with E-state index in [4.69, 9.17) is 10.5 Å². The molecule has 2 heterocycles. The number of rotatable bonds is 1. The molecule has 17 heavy (non-hydrogen) atoms. The van der Waals surface area contributed by atoms with Crippen LogP contribution in [0.25, 0.3) is 5.82 Å². The Bertz CT molecular complexity index is 659. The zero-order chi connectivity index (χ0) is 12.4. The lowest BCUT2D eigenvalue weighted by Gasteiger charge is -2.06. The van der Waals surface area contributed by atoms with Crippen molar-refractivity contribution < 1.29 is 0 Å². The van der Waals surface area contributed by atoms with Crippen molar-refractivity contribution in [3.63, 3.8) is 0 Å². The van der Waals surface area contributed by atoms with Crippen LogP contribution in [0.5, 0.6) is 0 Å². The molecule has 5 nitrogen and oxygen atoms in total. The number of aryl methyl sites for hydroxylation is 1. The maximum Gasteiger partial charge on any atom is 0.177 e. The molecule has 0 aromatic carbocycles. The molecule has 0 saturated heterocycles. The van der Waals surface area contributed by atoms with E-state index >= 15 is 0 Å². The van der Waals surface area contributed by atoms with Gasteiger partial charge in [0.15, 0.2) is 17.2 Å². The van der Waals surface area contributed by atoms with Crippen molar-refractivity contribution in [3.05, 3.63) is 40.0 Å². The Hall–Kier alpha value is -2.18. The molecule has 2 rings (SSSR count). The number of hydrogen-bond donors (Lipinski definition) is 0. The maximum absolute atomic E-state index is 9.04. The number of nitriles is 2. The van der Waals surface area contributed by atoms with Gasteiger partial charge in [0.05, 0.1) is 4.47 Å². The van der Waals surface area contributed by atoms with Gasteiger partial charge in [-0.05, 0) is 34.5 Å². The third-order valence-electron chi connectivity index (χ3n) is 2.27. The highest BCUT2D eigenvalue weighted by Crippen LogP contribution is 2.24. The predicted octanol–water partition coefficient (Wildman–Crippen LogP) is 2.08. The van der Waals surface area contributed by atoms with Crippen molar-refractivity contribution >= 4 is 15.9 Å². The van der Waals surface area contributed by atoms with Crippen LogP contribution in [0.15, 0.2) is 23.1 Å². The minimum absolute atomic E-state index is 0.0997. The lowest BCUT2D eigenvalue weighted by Crippen LogP contribution is -2.01. The van der Waals surface area contributed by atoms with Gasteiger partial charge in [-0.2, -0.15) is 10.5 Å². The van der Waals surface area contributed by atoms with Gasteiger partial charge < -0.3 is 0 Å². The van der Waals surface area contributed by atoms with Gasteiger partial charge in [-0.15, -0.1) is 0 Å². The molecule has 82 valence electrons. The Kier molecular flexibility index (Phi) is 2.90. The van der Waals surface area contributed by atoms with Gasteiger partial charge in [-0.25, -0.2) is 9.97 Å². The van der Waals surface area contributed by atoms with Crippen molar-refractivity contribution in [1.82, 2.24) is 14.5 Å². The van der Waals surface area contributed by atoms with Crippen LogP contribution >= 0.6 is 15.9 Å². The summed E-state index contributed by atoms with van der Waals surface area (Å²) in [5, 5.41) is 17.9. The second kappa shape index (κ2) is 4.36. The molecular weight excluding hydrogens is 282 g/mol. The molecule has 0 saturated carbocycles. The van der Waals surface area contributed by atoms with E-state index in [9.17, 15) is 0 Å². The van der Waals surface area contributed by atoms with E-state index in [-0.39, 0.29) is 11.4 Å². The lowest BCUT2D eigenvalue weighted by atomic mass is 10.3. The Labute approximate surface area is 106 Å². The molecule has 0 bridgehead atoms. The smallest absolute Gasteiger partial charge is 0.177 e. The summed E-state index contributed by atoms with van der Waals surface area (Å²) >= 11 is 3.41. The molecule has 0 aliphatic rings. The van der Waals surface area contributed by atoms with Gasteiger partial charge in [0, 0.05) is 6.20 Å². The molecule has 0 radical (unpaired) electrons. The van der Waals surface area contributed by atoms with Crippen LogP contribution in [0.1, 0.15) is 17.0 Å². The fourth-order valence-electron chi connectivity index (χ4n) is 1.39. The van der Waals surface area contributed by atoms with E-state index in [2.05, 4.69) is 25.9 Å². The molecule has 0 amide bonds. The van der Waals surface area contributed by atoms with Crippen LogP contribution in [0.4, 0.5) is 0 Å². The monoisotopic (exact) mass is 287 g/mol.